The number of amides is 2. The number of phenolic OH excluding ortho intramolecular Hbond substituents is 1. The number of ether oxygens (including phenoxy) is 2. The molecule has 2 amide bonds. The molecule has 0 heterocycles. The highest BCUT2D eigenvalue weighted by molar-refractivity contribution is 6.05. The summed E-state index contributed by atoms with van der Waals surface area (Å²) in [4.78, 5) is 35.1. The fraction of sp³-hybridized carbons (Fsp3) is 0.105. The maximum atomic E-state index is 11.8. The van der Waals surface area contributed by atoms with Gasteiger partial charge in [0.15, 0.2) is 18.1 Å². The van der Waals surface area contributed by atoms with E-state index in [1.165, 1.54) is 25.3 Å². The maximum absolute atomic E-state index is 11.8. The molecule has 0 aliphatic rings. The molecule has 0 saturated heterocycles. The second-order valence-electron chi connectivity index (χ2n) is 5.12. The number of aromatic hydroxyl groups is 1. The maximum Gasteiger partial charge on any atom is 0.331 e. The second-order valence-corrected chi connectivity index (χ2v) is 5.12. The Balaban J connectivity index is 1.82. The lowest BCUT2D eigenvalue weighted by atomic mass is 10.2. The fourth-order valence-corrected chi connectivity index (χ4v) is 1.97. The van der Waals surface area contributed by atoms with Gasteiger partial charge in [-0.05, 0) is 35.9 Å². The summed E-state index contributed by atoms with van der Waals surface area (Å²) in [5.41, 5.74) is 0.925. The number of esters is 1. The van der Waals surface area contributed by atoms with E-state index in [2.05, 4.69) is 5.32 Å². The van der Waals surface area contributed by atoms with E-state index in [1.807, 2.05) is 0 Å². The highest BCUT2D eigenvalue weighted by Crippen LogP contribution is 2.26. The van der Waals surface area contributed by atoms with Crippen LogP contribution < -0.4 is 10.1 Å². The van der Waals surface area contributed by atoms with Crippen molar-refractivity contribution in [2.24, 2.45) is 0 Å². The van der Waals surface area contributed by atoms with Crippen LogP contribution in [0.25, 0.3) is 6.08 Å². The molecule has 0 unspecified atom stereocenters. The molecule has 2 N–H and O–H groups in total. The molecule has 26 heavy (non-hydrogen) atoms. The van der Waals surface area contributed by atoms with Crippen molar-refractivity contribution in [2.75, 3.05) is 13.7 Å². The normalized spacial score (nSPS) is 10.3. The fourth-order valence-electron chi connectivity index (χ4n) is 1.97. The zero-order valence-corrected chi connectivity index (χ0v) is 14.0. The number of imide groups is 1. The molecule has 0 spiro atoms. The summed E-state index contributed by atoms with van der Waals surface area (Å²) >= 11 is 0. The van der Waals surface area contributed by atoms with E-state index in [9.17, 15) is 19.5 Å². The minimum absolute atomic E-state index is 0.0213. The minimum atomic E-state index is -0.751. The first-order valence-corrected chi connectivity index (χ1v) is 7.60. The van der Waals surface area contributed by atoms with E-state index in [1.54, 1.807) is 36.4 Å². The molecule has 0 bridgehead atoms. The van der Waals surface area contributed by atoms with Gasteiger partial charge in [-0.15, -0.1) is 0 Å². The average Bonchev–Trinajstić information content (AvgIpc) is 2.66. The SMILES string of the molecule is COc1cc(/C=C/C(=O)OCC(=O)NC(=O)c2ccccc2)ccc1O. The molecule has 7 nitrogen and oxygen atoms in total. The third-order valence-electron chi connectivity index (χ3n) is 3.25. The molecule has 0 saturated carbocycles. The number of benzene rings is 2. The Labute approximate surface area is 149 Å². The predicted molar refractivity (Wildman–Crippen MR) is 93.6 cm³/mol. The predicted octanol–water partition coefficient (Wildman–Crippen LogP) is 1.91. The zero-order valence-electron chi connectivity index (χ0n) is 14.0. The van der Waals surface area contributed by atoms with Crippen molar-refractivity contribution in [2.45, 2.75) is 0 Å². The van der Waals surface area contributed by atoms with Crippen molar-refractivity contribution in [1.82, 2.24) is 5.32 Å². The largest absolute Gasteiger partial charge is 0.504 e. The Kier molecular flexibility index (Phi) is 6.50. The number of carbonyl (C=O) groups excluding carboxylic acids is 3. The van der Waals surface area contributed by atoms with Crippen LogP contribution in [0, 0.1) is 0 Å². The van der Waals surface area contributed by atoms with Crippen LogP contribution in [0.4, 0.5) is 0 Å². The molecule has 0 aliphatic carbocycles. The lowest BCUT2D eigenvalue weighted by molar-refractivity contribution is -0.143. The Morgan fingerprint density at radius 2 is 1.85 bits per heavy atom. The van der Waals surface area contributed by atoms with Gasteiger partial charge in [0, 0.05) is 11.6 Å². The van der Waals surface area contributed by atoms with Gasteiger partial charge in [0.05, 0.1) is 7.11 Å². The van der Waals surface area contributed by atoms with Gasteiger partial charge in [-0.25, -0.2) is 4.79 Å². The summed E-state index contributed by atoms with van der Waals surface area (Å²) in [6.45, 7) is -0.583. The van der Waals surface area contributed by atoms with E-state index < -0.39 is 24.4 Å². The van der Waals surface area contributed by atoms with Gasteiger partial charge in [-0.1, -0.05) is 24.3 Å². The first kappa shape index (κ1) is 18.7. The molecule has 2 aromatic rings. The number of methoxy groups -OCH3 is 1. The highest BCUT2D eigenvalue weighted by Gasteiger charge is 2.11. The van der Waals surface area contributed by atoms with E-state index >= 15 is 0 Å². The quantitative estimate of drug-likeness (QED) is 0.606. The Morgan fingerprint density at radius 3 is 2.54 bits per heavy atom. The van der Waals surface area contributed by atoms with Crippen molar-refractivity contribution in [3.63, 3.8) is 0 Å². The van der Waals surface area contributed by atoms with E-state index in [-0.39, 0.29) is 11.5 Å². The monoisotopic (exact) mass is 355 g/mol. The zero-order chi connectivity index (χ0) is 18.9. The molecular formula is C19H17NO6. The molecule has 2 rings (SSSR count). The standard InChI is InChI=1S/C19H17NO6/c1-25-16-11-13(7-9-15(16)21)8-10-18(23)26-12-17(22)20-19(24)14-5-3-2-4-6-14/h2-11,21H,12H2,1H3,(H,20,22,24)/b10-8+. The van der Waals surface area contributed by atoms with Crippen molar-refractivity contribution >= 4 is 23.9 Å². The minimum Gasteiger partial charge on any atom is -0.504 e. The summed E-state index contributed by atoms with van der Waals surface area (Å²) in [5, 5.41) is 11.6. The number of nitrogens with one attached hydrogen (secondary N) is 1. The van der Waals surface area contributed by atoms with Crippen LogP contribution in [0.3, 0.4) is 0 Å². The molecule has 0 atom stereocenters. The Morgan fingerprint density at radius 1 is 1.12 bits per heavy atom. The van der Waals surface area contributed by atoms with Crippen LogP contribution in [0.5, 0.6) is 11.5 Å². The van der Waals surface area contributed by atoms with Gasteiger partial charge in [0.2, 0.25) is 0 Å². The number of hydrogen-bond donors (Lipinski definition) is 2. The molecule has 134 valence electrons. The number of phenols is 1. The van der Waals surface area contributed by atoms with Gasteiger partial charge in [0.1, 0.15) is 0 Å². The Bertz CT molecular complexity index is 829. The van der Waals surface area contributed by atoms with Crippen LogP contribution in [-0.2, 0) is 14.3 Å². The van der Waals surface area contributed by atoms with Crippen LogP contribution >= 0.6 is 0 Å². The highest BCUT2D eigenvalue weighted by atomic mass is 16.5. The second kappa shape index (κ2) is 9.03. The van der Waals surface area contributed by atoms with Crippen LogP contribution in [-0.4, -0.2) is 36.6 Å². The lowest BCUT2D eigenvalue weighted by Gasteiger charge is -2.05. The van der Waals surface area contributed by atoms with Gasteiger partial charge in [0.25, 0.3) is 11.8 Å². The number of carbonyl (C=O) groups is 3. The van der Waals surface area contributed by atoms with Gasteiger partial charge >= 0.3 is 5.97 Å². The van der Waals surface area contributed by atoms with Gasteiger partial charge in [-0.3, -0.25) is 14.9 Å². The molecular weight excluding hydrogens is 338 g/mol. The molecule has 7 heteroatoms. The van der Waals surface area contributed by atoms with Crippen molar-refractivity contribution in [3.05, 3.63) is 65.7 Å². The summed E-state index contributed by atoms with van der Waals surface area (Å²) in [7, 11) is 1.41. The first-order chi connectivity index (χ1) is 12.5. The topological polar surface area (TPSA) is 102 Å². The first-order valence-electron chi connectivity index (χ1n) is 7.60. The lowest BCUT2D eigenvalue weighted by Crippen LogP contribution is -2.33. The van der Waals surface area contributed by atoms with Crippen LogP contribution in [0.15, 0.2) is 54.6 Å². The average molecular weight is 355 g/mol. The molecule has 0 fully saturated rings. The van der Waals surface area contributed by atoms with Crippen LogP contribution in [0.1, 0.15) is 15.9 Å². The van der Waals surface area contributed by atoms with Crippen molar-refractivity contribution in [3.8, 4) is 11.5 Å². The van der Waals surface area contributed by atoms with E-state index in [0.29, 0.717) is 11.1 Å². The summed E-state index contributed by atoms with van der Waals surface area (Å²) < 4.78 is 9.73. The molecule has 0 aliphatic heterocycles. The summed E-state index contributed by atoms with van der Waals surface area (Å²) in [5.74, 6) is -1.81. The van der Waals surface area contributed by atoms with Gasteiger partial charge < -0.3 is 14.6 Å². The van der Waals surface area contributed by atoms with Crippen molar-refractivity contribution < 1.29 is 29.0 Å². The molecule has 0 radical (unpaired) electrons. The molecule has 2 aromatic carbocycles. The van der Waals surface area contributed by atoms with Gasteiger partial charge in [-0.2, -0.15) is 0 Å². The smallest absolute Gasteiger partial charge is 0.331 e. The van der Waals surface area contributed by atoms with Crippen LogP contribution in [0.2, 0.25) is 0 Å². The summed E-state index contributed by atoms with van der Waals surface area (Å²) in [6.07, 6.45) is 2.56. The third kappa shape index (κ3) is 5.48. The number of rotatable bonds is 6. The molecule has 0 aromatic heterocycles. The van der Waals surface area contributed by atoms with E-state index in [4.69, 9.17) is 9.47 Å². The van der Waals surface area contributed by atoms with Crippen molar-refractivity contribution in [1.29, 1.82) is 0 Å². The Hall–Kier alpha value is -3.61. The third-order valence-corrected chi connectivity index (χ3v) is 3.25. The summed E-state index contributed by atoms with van der Waals surface area (Å²) in [6, 6.07) is 12.7. The number of hydrogen-bond acceptors (Lipinski definition) is 6. The van der Waals surface area contributed by atoms with E-state index in [0.717, 1.165) is 6.08 Å².